The zero-order valence-electron chi connectivity index (χ0n) is 11.6. The van der Waals surface area contributed by atoms with Crippen LogP contribution in [0.2, 0.25) is 12.6 Å². The second-order valence-electron chi connectivity index (χ2n) is 3.59. The maximum Gasteiger partial charge on any atom is 0.522 e. The van der Waals surface area contributed by atoms with E-state index in [9.17, 15) is 13.2 Å². The zero-order chi connectivity index (χ0) is 16.7. The SMILES string of the molecule is CCCC[B]CCCC.ClCCl.O=S(=O)(O)C(F)(F)F. The molecular weight excluding hydrogens is 339 g/mol. The summed E-state index contributed by atoms with van der Waals surface area (Å²) in [7, 11) is -3.42. The number of alkyl halides is 5. The van der Waals surface area contributed by atoms with Gasteiger partial charge in [0.2, 0.25) is 0 Å². The molecule has 123 valence electrons. The summed E-state index contributed by atoms with van der Waals surface area (Å²) in [4.78, 5) is 0. The second-order valence-corrected chi connectivity index (χ2v) is 5.82. The van der Waals surface area contributed by atoms with E-state index in [2.05, 4.69) is 21.1 Å². The summed E-state index contributed by atoms with van der Waals surface area (Å²) >= 11 is 9.53. The van der Waals surface area contributed by atoms with Crippen LogP contribution in [0.1, 0.15) is 39.5 Å². The van der Waals surface area contributed by atoms with Crippen molar-refractivity contribution in [1.29, 1.82) is 0 Å². The predicted molar refractivity (Wildman–Crippen MR) is 79.4 cm³/mol. The lowest BCUT2D eigenvalue weighted by Crippen LogP contribution is -2.21. The van der Waals surface area contributed by atoms with Gasteiger partial charge in [-0.2, -0.15) is 21.6 Å². The summed E-state index contributed by atoms with van der Waals surface area (Å²) in [5, 5.41) is 0.194. The van der Waals surface area contributed by atoms with Gasteiger partial charge in [0.25, 0.3) is 0 Å². The van der Waals surface area contributed by atoms with Crippen LogP contribution < -0.4 is 0 Å². The number of rotatable bonds is 6. The Morgan fingerprint density at radius 1 is 1.05 bits per heavy atom. The van der Waals surface area contributed by atoms with Crippen molar-refractivity contribution < 1.29 is 26.1 Å². The predicted octanol–water partition coefficient (Wildman–Crippen LogP) is 4.94. The van der Waals surface area contributed by atoms with E-state index in [1.807, 2.05) is 0 Å². The monoisotopic (exact) mass is 359 g/mol. The smallest absolute Gasteiger partial charge is 0.279 e. The lowest BCUT2D eigenvalue weighted by molar-refractivity contribution is -0.0510. The molecule has 1 radical (unpaired) electrons. The summed E-state index contributed by atoms with van der Waals surface area (Å²) in [6.45, 7) is 4.49. The Labute approximate surface area is 130 Å². The lowest BCUT2D eigenvalue weighted by atomic mass is 9.68. The fourth-order valence-electron chi connectivity index (χ4n) is 0.841. The minimum Gasteiger partial charge on any atom is -0.279 e. The summed E-state index contributed by atoms with van der Waals surface area (Å²) in [6.07, 6.45) is 8.09. The second kappa shape index (κ2) is 15.7. The topological polar surface area (TPSA) is 54.4 Å². The highest BCUT2D eigenvalue weighted by Gasteiger charge is 2.44. The molecule has 20 heavy (non-hydrogen) atoms. The highest BCUT2D eigenvalue weighted by molar-refractivity contribution is 7.86. The first-order chi connectivity index (χ1) is 9.08. The average molecular weight is 360 g/mol. The van der Waals surface area contributed by atoms with E-state index >= 15 is 0 Å². The van der Waals surface area contributed by atoms with Crippen molar-refractivity contribution in [3.63, 3.8) is 0 Å². The van der Waals surface area contributed by atoms with Crippen molar-refractivity contribution in [2.24, 2.45) is 0 Å². The van der Waals surface area contributed by atoms with Crippen LogP contribution in [0, 0.1) is 0 Å². The van der Waals surface area contributed by atoms with Crippen LogP contribution in [0.3, 0.4) is 0 Å². The minimum atomic E-state index is -5.84. The van der Waals surface area contributed by atoms with Gasteiger partial charge in [0.1, 0.15) is 7.28 Å². The van der Waals surface area contributed by atoms with Gasteiger partial charge in [-0.25, -0.2) is 0 Å². The maximum atomic E-state index is 10.7. The molecule has 0 rings (SSSR count). The van der Waals surface area contributed by atoms with E-state index in [-0.39, 0.29) is 5.34 Å². The Balaban J connectivity index is -0.000000243. The minimum absolute atomic E-state index is 0.194. The molecule has 0 atom stereocenters. The van der Waals surface area contributed by atoms with Crippen LogP contribution in [0.4, 0.5) is 13.2 Å². The van der Waals surface area contributed by atoms with Crippen molar-refractivity contribution in [3.05, 3.63) is 0 Å². The first-order valence-corrected chi connectivity index (χ1v) is 8.56. The van der Waals surface area contributed by atoms with Crippen LogP contribution in [0.5, 0.6) is 0 Å². The van der Waals surface area contributed by atoms with E-state index in [1.54, 1.807) is 0 Å². The van der Waals surface area contributed by atoms with Crippen molar-refractivity contribution in [3.8, 4) is 0 Å². The summed E-state index contributed by atoms with van der Waals surface area (Å²) in [5.74, 6) is 0. The van der Waals surface area contributed by atoms with E-state index in [4.69, 9.17) is 36.2 Å². The van der Waals surface area contributed by atoms with Crippen molar-refractivity contribution in [2.75, 3.05) is 5.34 Å². The molecule has 0 aliphatic heterocycles. The van der Waals surface area contributed by atoms with E-state index in [0.717, 1.165) is 0 Å². The van der Waals surface area contributed by atoms with Gasteiger partial charge < -0.3 is 0 Å². The van der Waals surface area contributed by atoms with E-state index < -0.39 is 15.6 Å². The van der Waals surface area contributed by atoms with Crippen molar-refractivity contribution in [2.45, 2.75) is 57.7 Å². The van der Waals surface area contributed by atoms with Gasteiger partial charge in [-0.05, 0) is 0 Å². The number of unbranched alkanes of at least 4 members (excludes halogenated alkanes) is 2. The normalized spacial score (nSPS) is 10.8. The van der Waals surface area contributed by atoms with Crippen LogP contribution in [0.15, 0.2) is 0 Å². The van der Waals surface area contributed by atoms with Crippen molar-refractivity contribution >= 4 is 40.6 Å². The molecule has 0 fully saturated rings. The highest BCUT2D eigenvalue weighted by Crippen LogP contribution is 2.20. The standard InChI is InChI=1S/C8H18B.CH2Cl2.CHF3O3S/c1-3-5-7-9-8-6-4-2;2-1-3;2-1(3,4)8(5,6)7/h3-8H2,1-2H3;1H2;(H,5,6,7). The molecule has 0 amide bonds. The third-order valence-corrected chi connectivity index (χ3v) is 2.40. The van der Waals surface area contributed by atoms with E-state index in [1.165, 1.54) is 38.3 Å². The van der Waals surface area contributed by atoms with Gasteiger partial charge in [-0.1, -0.05) is 52.2 Å². The summed E-state index contributed by atoms with van der Waals surface area (Å²) < 4.78 is 57.5. The van der Waals surface area contributed by atoms with Gasteiger partial charge in [0.05, 0.1) is 5.34 Å². The fraction of sp³-hybridized carbons (Fsp3) is 1.00. The average Bonchev–Trinajstić information content (AvgIpc) is 2.28. The van der Waals surface area contributed by atoms with Crippen LogP contribution in [-0.2, 0) is 10.1 Å². The lowest BCUT2D eigenvalue weighted by Gasteiger charge is -1.97. The molecule has 0 bridgehead atoms. The Bertz CT molecular complexity index is 282. The Morgan fingerprint density at radius 2 is 1.30 bits per heavy atom. The molecule has 0 aromatic rings. The molecule has 0 heterocycles. The van der Waals surface area contributed by atoms with Gasteiger partial charge in [-0.3, -0.25) is 4.55 Å². The van der Waals surface area contributed by atoms with E-state index in [0.29, 0.717) is 0 Å². The number of hydrogen-bond donors (Lipinski definition) is 1. The Morgan fingerprint density at radius 3 is 1.45 bits per heavy atom. The number of halogens is 5. The first-order valence-electron chi connectivity index (χ1n) is 6.05. The summed E-state index contributed by atoms with van der Waals surface area (Å²) in [5.41, 5.74) is -5.53. The van der Waals surface area contributed by atoms with Crippen molar-refractivity contribution in [1.82, 2.24) is 0 Å². The number of hydrogen-bond acceptors (Lipinski definition) is 2. The van der Waals surface area contributed by atoms with Crippen LogP contribution >= 0.6 is 23.2 Å². The molecule has 0 aromatic carbocycles. The third kappa shape index (κ3) is 23.4. The molecule has 0 aliphatic carbocycles. The third-order valence-electron chi connectivity index (χ3n) is 1.82. The quantitative estimate of drug-likeness (QED) is 0.240. The molecule has 0 spiro atoms. The molecule has 3 nitrogen and oxygen atoms in total. The highest BCUT2D eigenvalue weighted by atomic mass is 35.5. The van der Waals surface area contributed by atoms with Gasteiger partial charge >= 0.3 is 15.6 Å². The first kappa shape index (κ1) is 25.3. The molecule has 1 N–H and O–H groups in total. The molecular formula is C10H21BCl2F3O3S. The van der Waals surface area contributed by atoms with Gasteiger partial charge in [0.15, 0.2) is 0 Å². The van der Waals surface area contributed by atoms with Crippen LogP contribution in [-0.4, -0.2) is 31.1 Å². The molecule has 0 saturated heterocycles. The maximum absolute atomic E-state index is 10.7. The molecule has 10 heteroatoms. The molecule has 0 saturated carbocycles. The largest absolute Gasteiger partial charge is 0.522 e. The Kier molecular flexibility index (Phi) is 19.9. The molecule has 0 unspecified atom stereocenters. The Hall–Kier alpha value is 0.345. The fourth-order valence-corrected chi connectivity index (χ4v) is 0.841. The molecule has 0 aliphatic rings. The molecule has 0 aromatic heterocycles. The zero-order valence-corrected chi connectivity index (χ0v) is 13.9. The van der Waals surface area contributed by atoms with Gasteiger partial charge in [0, 0.05) is 0 Å². The summed E-state index contributed by atoms with van der Waals surface area (Å²) in [6, 6.07) is 0. The van der Waals surface area contributed by atoms with Crippen LogP contribution in [0.25, 0.3) is 0 Å². The van der Waals surface area contributed by atoms with Gasteiger partial charge in [-0.15, -0.1) is 23.2 Å².